The van der Waals surface area contributed by atoms with Gasteiger partial charge in [0.1, 0.15) is 6.07 Å². The number of nitrogens with zero attached hydrogens (tertiary/aromatic N) is 1. The second kappa shape index (κ2) is 12.3. The molecule has 1 aromatic carbocycles. The van der Waals surface area contributed by atoms with E-state index in [0.29, 0.717) is 0 Å². The van der Waals surface area contributed by atoms with Crippen molar-refractivity contribution in [2.45, 2.75) is 103 Å². The number of allylic oxidation sites excluding steroid dienone is 2. The molecule has 0 radical (unpaired) electrons. The van der Waals surface area contributed by atoms with Crippen molar-refractivity contribution < 1.29 is 4.39 Å². The van der Waals surface area contributed by atoms with Crippen molar-refractivity contribution in [2.75, 3.05) is 0 Å². The largest absolute Gasteiger partial charge is 0.196 e. The van der Waals surface area contributed by atoms with Crippen molar-refractivity contribution in [3.8, 4) is 6.07 Å². The first kappa shape index (κ1) is 23.1. The van der Waals surface area contributed by atoms with E-state index >= 15 is 0 Å². The van der Waals surface area contributed by atoms with Crippen LogP contribution in [0.5, 0.6) is 0 Å². The first-order chi connectivity index (χ1) is 14.7. The first-order valence-corrected chi connectivity index (χ1v) is 12.5. The minimum absolute atomic E-state index is 0.619. The summed E-state index contributed by atoms with van der Waals surface area (Å²) in [5, 5.41) is 8.48. The van der Waals surface area contributed by atoms with Crippen molar-refractivity contribution in [3.63, 3.8) is 0 Å². The van der Waals surface area contributed by atoms with E-state index in [1.54, 1.807) is 11.6 Å². The molecular weight excluding hydrogens is 369 g/mol. The zero-order valence-corrected chi connectivity index (χ0v) is 18.9. The van der Waals surface area contributed by atoms with Crippen LogP contribution in [0.15, 0.2) is 36.2 Å². The highest BCUT2D eigenvalue weighted by Gasteiger charge is 2.25. The van der Waals surface area contributed by atoms with Crippen LogP contribution < -0.4 is 0 Å². The fraction of sp³-hybridized carbons (Fsp3) is 0.679. The molecule has 0 saturated heterocycles. The van der Waals surface area contributed by atoms with Gasteiger partial charge >= 0.3 is 0 Å². The summed E-state index contributed by atoms with van der Waals surface area (Å²) in [7, 11) is 0. The second-order valence-corrected chi connectivity index (χ2v) is 9.91. The molecule has 0 aliphatic heterocycles. The summed E-state index contributed by atoms with van der Waals surface area (Å²) in [4.78, 5) is 0. The van der Waals surface area contributed by atoms with Crippen LogP contribution in [-0.4, -0.2) is 0 Å². The minimum Gasteiger partial charge on any atom is -0.195 e. The molecule has 164 valence electrons. The molecule has 0 bridgehead atoms. The van der Waals surface area contributed by atoms with Crippen LogP contribution in [0, 0.1) is 29.1 Å². The van der Waals surface area contributed by atoms with Crippen molar-refractivity contribution >= 4 is 0 Å². The fourth-order valence-corrected chi connectivity index (χ4v) is 5.80. The zero-order valence-electron chi connectivity index (χ0n) is 18.9. The molecule has 30 heavy (non-hydrogen) atoms. The lowest BCUT2D eigenvalue weighted by atomic mass is 9.74. The number of halogens is 1. The summed E-state index contributed by atoms with van der Waals surface area (Å²) in [6, 6.07) is 11.0. The normalized spacial score (nSPS) is 27.6. The number of nitriles is 1. The maximum atomic E-state index is 12.9. The predicted molar refractivity (Wildman–Crippen MR) is 124 cm³/mol. The number of aryl methyl sites for hydroxylation is 1. The third-order valence-corrected chi connectivity index (χ3v) is 7.79. The molecule has 1 aromatic rings. The van der Waals surface area contributed by atoms with E-state index in [1.165, 1.54) is 88.7 Å². The van der Waals surface area contributed by atoms with Gasteiger partial charge in [-0.3, -0.25) is 0 Å². The van der Waals surface area contributed by atoms with Gasteiger partial charge in [0, 0.05) is 0 Å². The van der Waals surface area contributed by atoms with Gasteiger partial charge in [-0.15, -0.1) is 0 Å². The number of benzene rings is 1. The molecule has 0 atom stereocenters. The maximum Gasteiger partial charge on any atom is 0.196 e. The molecule has 0 aromatic heterocycles. The number of rotatable bonds is 9. The molecule has 2 fully saturated rings. The van der Waals surface area contributed by atoms with Crippen LogP contribution in [0.3, 0.4) is 0 Å². The summed E-state index contributed by atoms with van der Waals surface area (Å²) in [5.74, 6) is 2.76. The summed E-state index contributed by atoms with van der Waals surface area (Å²) in [6.07, 6.45) is 19.4. The van der Waals surface area contributed by atoms with Crippen LogP contribution in [0.25, 0.3) is 0 Å². The lowest BCUT2D eigenvalue weighted by Gasteiger charge is -2.32. The Morgan fingerprint density at radius 3 is 1.97 bits per heavy atom. The third kappa shape index (κ3) is 7.26. The standard InChI is InChI=1S/C28H40FN/c1-2-4-22-13-17-26(18-14-22)27-19-15-25(16-20-27)12-11-24-9-7-23(8-10-24)5-3-6-28(29)21-30/h6,13-14,17-18,23-25,27H,2-5,7-12,15-16,19-20H2,1H3/b28-6-/t23-,24-,25-,27-. The van der Waals surface area contributed by atoms with Crippen LogP contribution in [0.2, 0.25) is 0 Å². The molecule has 0 heterocycles. The molecule has 3 rings (SSSR count). The quantitative estimate of drug-likeness (QED) is 0.374. The van der Waals surface area contributed by atoms with Crippen molar-refractivity contribution in [2.24, 2.45) is 17.8 Å². The Hall–Kier alpha value is -1.62. The zero-order chi connectivity index (χ0) is 21.2. The second-order valence-electron chi connectivity index (χ2n) is 9.91. The Kier molecular flexibility index (Phi) is 9.44. The SMILES string of the molecule is CCCc1ccc([C@H]2CC[C@H](CC[C@H]3CC[C@H](CC/C=C(\F)C#N)CC3)CC2)cc1. The monoisotopic (exact) mass is 409 g/mol. The smallest absolute Gasteiger partial charge is 0.195 e. The van der Waals surface area contributed by atoms with E-state index in [4.69, 9.17) is 5.26 Å². The van der Waals surface area contributed by atoms with Crippen LogP contribution in [0.1, 0.15) is 107 Å². The molecule has 0 unspecified atom stereocenters. The molecule has 0 N–H and O–H groups in total. The van der Waals surface area contributed by atoms with Gasteiger partial charge in [0.15, 0.2) is 5.83 Å². The predicted octanol–water partition coefficient (Wildman–Crippen LogP) is 8.66. The van der Waals surface area contributed by atoms with Crippen molar-refractivity contribution in [1.82, 2.24) is 0 Å². The van der Waals surface area contributed by atoms with E-state index in [-0.39, 0.29) is 0 Å². The number of hydrogen-bond donors (Lipinski definition) is 0. The van der Waals surface area contributed by atoms with Gasteiger partial charge in [-0.25, -0.2) is 0 Å². The first-order valence-electron chi connectivity index (χ1n) is 12.5. The maximum absolute atomic E-state index is 12.9. The van der Waals surface area contributed by atoms with Crippen molar-refractivity contribution in [1.29, 1.82) is 5.26 Å². The molecule has 2 aliphatic carbocycles. The van der Waals surface area contributed by atoms with Gasteiger partial charge in [-0.2, -0.15) is 9.65 Å². The average Bonchev–Trinajstić information content (AvgIpc) is 2.79. The van der Waals surface area contributed by atoms with Crippen LogP contribution >= 0.6 is 0 Å². The molecular formula is C28H40FN. The van der Waals surface area contributed by atoms with E-state index in [2.05, 4.69) is 31.2 Å². The molecule has 0 spiro atoms. The summed E-state index contributed by atoms with van der Waals surface area (Å²) < 4.78 is 12.9. The van der Waals surface area contributed by atoms with E-state index in [1.807, 2.05) is 0 Å². The molecule has 0 amide bonds. The Labute approximate surface area is 183 Å². The van der Waals surface area contributed by atoms with Crippen LogP contribution in [-0.2, 0) is 6.42 Å². The molecule has 1 nitrogen and oxygen atoms in total. The van der Waals surface area contributed by atoms with Gasteiger partial charge in [-0.05, 0) is 85.8 Å². The Morgan fingerprint density at radius 2 is 1.43 bits per heavy atom. The minimum atomic E-state index is -0.619. The lowest BCUT2D eigenvalue weighted by molar-refractivity contribution is 0.225. The Bertz CT molecular complexity index is 682. The topological polar surface area (TPSA) is 23.8 Å². The molecule has 2 saturated carbocycles. The molecule has 2 heteroatoms. The Balaban J connectivity index is 1.30. The highest BCUT2D eigenvalue weighted by Crippen LogP contribution is 2.40. The van der Waals surface area contributed by atoms with Gasteiger partial charge < -0.3 is 0 Å². The van der Waals surface area contributed by atoms with E-state index < -0.39 is 5.83 Å². The van der Waals surface area contributed by atoms with Gasteiger partial charge in [0.25, 0.3) is 0 Å². The summed E-state index contributed by atoms with van der Waals surface area (Å²) >= 11 is 0. The number of hydrogen-bond acceptors (Lipinski definition) is 1. The molecule has 2 aliphatic rings. The summed E-state index contributed by atoms with van der Waals surface area (Å²) in [6.45, 7) is 2.25. The highest BCUT2D eigenvalue weighted by molar-refractivity contribution is 5.25. The van der Waals surface area contributed by atoms with Gasteiger partial charge in [-0.1, -0.05) is 76.1 Å². The average molecular weight is 410 g/mol. The summed E-state index contributed by atoms with van der Waals surface area (Å²) in [5.41, 5.74) is 3.05. The fourth-order valence-electron chi connectivity index (χ4n) is 5.80. The lowest BCUT2D eigenvalue weighted by Crippen LogP contribution is -2.17. The third-order valence-electron chi connectivity index (χ3n) is 7.79. The van der Waals surface area contributed by atoms with E-state index in [0.717, 1.165) is 36.5 Å². The van der Waals surface area contributed by atoms with Gasteiger partial charge in [0.05, 0.1) is 0 Å². The van der Waals surface area contributed by atoms with Gasteiger partial charge in [0.2, 0.25) is 0 Å². The Morgan fingerprint density at radius 1 is 0.900 bits per heavy atom. The van der Waals surface area contributed by atoms with Crippen LogP contribution in [0.4, 0.5) is 4.39 Å². The van der Waals surface area contributed by atoms with Crippen molar-refractivity contribution in [3.05, 3.63) is 47.3 Å². The van der Waals surface area contributed by atoms with E-state index in [9.17, 15) is 4.39 Å². The highest BCUT2D eigenvalue weighted by atomic mass is 19.1.